The Labute approximate surface area is 89.7 Å². The Bertz CT molecular complexity index is 460. The summed E-state index contributed by atoms with van der Waals surface area (Å²) in [5.41, 5.74) is 0.945. The second kappa shape index (κ2) is 3.93. The molecule has 0 amide bonds. The van der Waals surface area contributed by atoms with Gasteiger partial charge in [-0.25, -0.2) is 0 Å². The van der Waals surface area contributed by atoms with E-state index in [4.69, 9.17) is 4.74 Å². The summed E-state index contributed by atoms with van der Waals surface area (Å²) in [4.78, 5) is 0. The smallest absolute Gasteiger partial charge is 0.147 e. The van der Waals surface area contributed by atoms with Gasteiger partial charge in [0.1, 0.15) is 11.3 Å². The summed E-state index contributed by atoms with van der Waals surface area (Å²) in [6, 6.07) is 6.02. The molecule has 0 aliphatic carbocycles. The zero-order valence-electron chi connectivity index (χ0n) is 9.40. The van der Waals surface area contributed by atoms with Crippen LogP contribution in [0.1, 0.15) is 13.8 Å². The van der Waals surface area contributed by atoms with Gasteiger partial charge in [0.25, 0.3) is 0 Å². The van der Waals surface area contributed by atoms with Crippen molar-refractivity contribution in [3.05, 3.63) is 24.4 Å². The lowest BCUT2D eigenvalue weighted by atomic mass is 10.2. The molecule has 1 aromatic heterocycles. The molecule has 2 aromatic rings. The molecular weight excluding hydrogens is 188 g/mol. The van der Waals surface area contributed by atoms with E-state index in [0.717, 1.165) is 23.3 Å². The highest BCUT2D eigenvalue weighted by atomic mass is 16.5. The molecule has 0 N–H and O–H groups in total. The number of nitrogens with zero attached hydrogens (tertiary/aromatic N) is 2. The highest BCUT2D eigenvalue weighted by Crippen LogP contribution is 2.23. The Morgan fingerprint density at radius 2 is 2.20 bits per heavy atom. The summed E-state index contributed by atoms with van der Waals surface area (Å²) in [6.07, 6.45) is 2.00. The van der Waals surface area contributed by atoms with Gasteiger partial charge in [0.15, 0.2) is 0 Å². The first-order chi connectivity index (χ1) is 7.16. The van der Waals surface area contributed by atoms with Crippen LogP contribution in [0.4, 0.5) is 0 Å². The highest BCUT2D eigenvalue weighted by Gasteiger charge is 2.06. The molecule has 3 heteroatoms. The maximum Gasteiger partial charge on any atom is 0.147 e. The third-order valence-electron chi connectivity index (χ3n) is 2.19. The summed E-state index contributed by atoms with van der Waals surface area (Å²) < 4.78 is 7.53. The predicted octanol–water partition coefficient (Wildman–Crippen LogP) is 2.61. The van der Waals surface area contributed by atoms with Gasteiger partial charge in [-0.15, -0.1) is 0 Å². The maximum absolute atomic E-state index is 5.72. The second-order valence-electron chi connectivity index (χ2n) is 4.20. The Morgan fingerprint density at radius 3 is 2.93 bits per heavy atom. The van der Waals surface area contributed by atoms with Crippen LogP contribution in [-0.2, 0) is 7.05 Å². The van der Waals surface area contributed by atoms with Gasteiger partial charge in [0, 0.05) is 18.6 Å². The predicted molar refractivity (Wildman–Crippen MR) is 61.0 cm³/mol. The summed E-state index contributed by atoms with van der Waals surface area (Å²) >= 11 is 0. The van der Waals surface area contributed by atoms with E-state index in [2.05, 4.69) is 18.9 Å². The van der Waals surface area contributed by atoms with E-state index in [0.29, 0.717) is 5.92 Å². The third kappa shape index (κ3) is 2.12. The van der Waals surface area contributed by atoms with Crippen LogP contribution in [0.5, 0.6) is 5.75 Å². The highest BCUT2D eigenvalue weighted by molar-refractivity contribution is 5.83. The van der Waals surface area contributed by atoms with E-state index in [9.17, 15) is 0 Å². The average Bonchev–Trinajstić information content (AvgIpc) is 2.55. The fourth-order valence-electron chi connectivity index (χ4n) is 1.51. The average molecular weight is 204 g/mol. The first-order valence-electron chi connectivity index (χ1n) is 5.22. The molecule has 80 valence electrons. The minimum atomic E-state index is 0.531. The number of aromatic nitrogens is 2. The maximum atomic E-state index is 5.72. The van der Waals surface area contributed by atoms with Crippen LogP contribution in [0.3, 0.4) is 0 Å². The van der Waals surface area contributed by atoms with Gasteiger partial charge < -0.3 is 4.74 Å². The zero-order chi connectivity index (χ0) is 10.8. The van der Waals surface area contributed by atoms with Gasteiger partial charge in [-0.05, 0) is 12.0 Å². The molecule has 0 atom stereocenters. The third-order valence-corrected chi connectivity index (χ3v) is 2.19. The SMILES string of the molecule is CC(C)COc1cccc2cn(C)nc12. The van der Waals surface area contributed by atoms with Crippen LogP contribution in [-0.4, -0.2) is 16.4 Å². The molecule has 15 heavy (non-hydrogen) atoms. The molecule has 0 bridgehead atoms. The van der Waals surface area contributed by atoms with Crippen molar-refractivity contribution in [1.29, 1.82) is 0 Å². The summed E-state index contributed by atoms with van der Waals surface area (Å²) in [5, 5.41) is 5.51. The van der Waals surface area contributed by atoms with E-state index < -0.39 is 0 Å². The van der Waals surface area contributed by atoms with Crippen molar-refractivity contribution in [3.8, 4) is 5.75 Å². The minimum absolute atomic E-state index is 0.531. The van der Waals surface area contributed by atoms with Gasteiger partial charge in [0.05, 0.1) is 6.61 Å². The topological polar surface area (TPSA) is 27.1 Å². The molecule has 0 saturated heterocycles. The fraction of sp³-hybridized carbons (Fsp3) is 0.417. The van der Waals surface area contributed by atoms with Crippen LogP contribution < -0.4 is 4.74 Å². The molecule has 0 spiro atoms. The first-order valence-corrected chi connectivity index (χ1v) is 5.22. The van der Waals surface area contributed by atoms with E-state index in [-0.39, 0.29) is 0 Å². The molecule has 0 saturated carbocycles. The quantitative estimate of drug-likeness (QED) is 0.768. The molecular formula is C12H16N2O. The Hall–Kier alpha value is -1.51. The number of hydrogen-bond donors (Lipinski definition) is 0. The van der Waals surface area contributed by atoms with E-state index in [1.807, 2.05) is 36.1 Å². The number of ether oxygens (including phenoxy) is 1. The molecule has 1 aromatic carbocycles. The molecule has 3 nitrogen and oxygen atoms in total. The number of aryl methyl sites for hydroxylation is 1. The normalized spacial score (nSPS) is 11.2. The lowest BCUT2D eigenvalue weighted by Crippen LogP contribution is -2.04. The van der Waals surface area contributed by atoms with E-state index in [1.54, 1.807) is 0 Å². The van der Waals surface area contributed by atoms with E-state index >= 15 is 0 Å². The van der Waals surface area contributed by atoms with Crippen molar-refractivity contribution in [2.24, 2.45) is 13.0 Å². The molecule has 0 aliphatic rings. The Kier molecular flexibility index (Phi) is 2.62. The van der Waals surface area contributed by atoms with Crippen LogP contribution in [0.25, 0.3) is 10.9 Å². The van der Waals surface area contributed by atoms with E-state index in [1.165, 1.54) is 0 Å². The lowest BCUT2D eigenvalue weighted by Gasteiger charge is -2.08. The fourth-order valence-corrected chi connectivity index (χ4v) is 1.51. The van der Waals surface area contributed by atoms with Crippen LogP contribution in [0, 0.1) is 5.92 Å². The van der Waals surface area contributed by atoms with Crippen molar-refractivity contribution < 1.29 is 4.74 Å². The van der Waals surface area contributed by atoms with Crippen LogP contribution in [0.15, 0.2) is 24.4 Å². The molecule has 0 fully saturated rings. The lowest BCUT2D eigenvalue weighted by molar-refractivity contribution is 0.273. The Morgan fingerprint density at radius 1 is 1.40 bits per heavy atom. The van der Waals surface area contributed by atoms with Gasteiger partial charge in [-0.1, -0.05) is 26.0 Å². The largest absolute Gasteiger partial charge is 0.491 e. The summed E-state index contributed by atoms with van der Waals surface area (Å²) in [6.45, 7) is 5.01. The molecule has 0 unspecified atom stereocenters. The van der Waals surface area contributed by atoms with Crippen molar-refractivity contribution in [2.45, 2.75) is 13.8 Å². The van der Waals surface area contributed by atoms with Gasteiger partial charge in [-0.3, -0.25) is 4.68 Å². The summed E-state index contributed by atoms with van der Waals surface area (Å²) in [5.74, 6) is 1.41. The standard InChI is InChI=1S/C12H16N2O/c1-9(2)8-15-11-6-4-5-10-7-14(3)13-12(10)11/h4-7,9H,8H2,1-3H3. The van der Waals surface area contributed by atoms with Gasteiger partial charge >= 0.3 is 0 Å². The first kappa shape index (κ1) is 10.0. The number of fused-ring (bicyclic) bond motifs is 1. The summed E-state index contributed by atoms with van der Waals surface area (Å²) in [7, 11) is 1.92. The Balaban J connectivity index is 2.33. The van der Waals surface area contributed by atoms with Gasteiger partial charge in [-0.2, -0.15) is 5.10 Å². The molecule has 2 rings (SSSR count). The van der Waals surface area contributed by atoms with Crippen molar-refractivity contribution in [2.75, 3.05) is 6.61 Å². The zero-order valence-corrected chi connectivity index (χ0v) is 9.40. The van der Waals surface area contributed by atoms with Gasteiger partial charge in [0.2, 0.25) is 0 Å². The second-order valence-corrected chi connectivity index (χ2v) is 4.20. The number of benzene rings is 1. The number of rotatable bonds is 3. The minimum Gasteiger partial charge on any atom is -0.491 e. The number of hydrogen-bond acceptors (Lipinski definition) is 2. The van der Waals surface area contributed by atoms with Crippen molar-refractivity contribution in [1.82, 2.24) is 9.78 Å². The molecule has 0 aliphatic heterocycles. The van der Waals surface area contributed by atoms with Crippen molar-refractivity contribution in [3.63, 3.8) is 0 Å². The monoisotopic (exact) mass is 204 g/mol. The van der Waals surface area contributed by atoms with Crippen LogP contribution >= 0.6 is 0 Å². The van der Waals surface area contributed by atoms with Crippen molar-refractivity contribution >= 4 is 10.9 Å². The molecule has 0 radical (unpaired) electrons. The molecule has 1 heterocycles. The van der Waals surface area contributed by atoms with Crippen LogP contribution in [0.2, 0.25) is 0 Å².